The van der Waals surface area contributed by atoms with Gasteiger partial charge in [-0.15, -0.1) is 0 Å². The third-order valence-corrected chi connectivity index (χ3v) is 3.57. The van der Waals surface area contributed by atoms with E-state index in [4.69, 9.17) is 0 Å². The fourth-order valence-corrected chi connectivity index (χ4v) is 2.35. The lowest BCUT2D eigenvalue weighted by molar-refractivity contribution is -0.129. The molecule has 0 spiro atoms. The number of aromatic hydroxyl groups is 1. The first kappa shape index (κ1) is 14.1. The van der Waals surface area contributed by atoms with Crippen molar-refractivity contribution in [3.8, 4) is 5.75 Å². The van der Waals surface area contributed by atoms with Crippen LogP contribution in [0.5, 0.6) is 5.75 Å². The van der Waals surface area contributed by atoms with Crippen LogP contribution in [0, 0.1) is 0 Å². The summed E-state index contributed by atoms with van der Waals surface area (Å²) in [6.07, 6.45) is 4.01. The van der Waals surface area contributed by atoms with Gasteiger partial charge in [0.15, 0.2) is 0 Å². The Labute approximate surface area is 128 Å². The van der Waals surface area contributed by atoms with Crippen molar-refractivity contribution in [3.63, 3.8) is 0 Å². The van der Waals surface area contributed by atoms with E-state index >= 15 is 0 Å². The first-order chi connectivity index (χ1) is 10.6. The average molecular weight is 295 g/mol. The number of pyridine rings is 1. The molecule has 1 amide bonds. The monoisotopic (exact) mass is 295 g/mol. The van der Waals surface area contributed by atoms with Crippen LogP contribution in [0.25, 0.3) is 5.65 Å². The van der Waals surface area contributed by atoms with E-state index in [0.717, 1.165) is 16.9 Å². The van der Waals surface area contributed by atoms with Crippen LogP contribution in [0.3, 0.4) is 0 Å². The number of para-hydroxylation sites is 1. The van der Waals surface area contributed by atoms with Crippen molar-refractivity contribution in [2.75, 3.05) is 7.05 Å². The van der Waals surface area contributed by atoms with Crippen molar-refractivity contribution in [3.05, 3.63) is 66.1 Å². The third kappa shape index (κ3) is 2.93. The SMILES string of the molecule is CN(Cc1ccccc1O)C(=O)Cc1cn2ccccc2n1. The molecule has 0 fully saturated rings. The van der Waals surface area contributed by atoms with Gasteiger partial charge < -0.3 is 14.4 Å². The van der Waals surface area contributed by atoms with Gasteiger partial charge in [-0.05, 0) is 18.2 Å². The second-order valence-corrected chi connectivity index (χ2v) is 5.25. The number of amides is 1. The molecule has 3 rings (SSSR count). The Kier molecular flexibility index (Phi) is 3.78. The van der Waals surface area contributed by atoms with E-state index in [1.165, 1.54) is 0 Å². The van der Waals surface area contributed by atoms with Gasteiger partial charge in [0, 0.05) is 31.5 Å². The lowest BCUT2D eigenvalue weighted by Crippen LogP contribution is -2.27. The van der Waals surface area contributed by atoms with Crippen LogP contribution in [0.2, 0.25) is 0 Å². The van der Waals surface area contributed by atoms with E-state index in [9.17, 15) is 9.90 Å². The molecular formula is C17H17N3O2. The minimum atomic E-state index is -0.0355. The van der Waals surface area contributed by atoms with Crippen LogP contribution in [-0.4, -0.2) is 32.3 Å². The summed E-state index contributed by atoms with van der Waals surface area (Å²) in [7, 11) is 1.73. The predicted molar refractivity (Wildman–Crippen MR) is 83.5 cm³/mol. The number of hydrogen-bond donors (Lipinski definition) is 1. The number of phenols is 1. The molecule has 0 bridgehead atoms. The number of likely N-dealkylation sites (N-methyl/N-ethyl adjacent to an activating group) is 1. The molecule has 112 valence electrons. The average Bonchev–Trinajstić information content (AvgIpc) is 2.91. The van der Waals surface area contributed by atoms with E-state index in [0.29, 0.717) is 6.54 Å². The van der Waals surface area contributed by atoms with Gasteiger partial charge in [-0.25, -0.2) is 4.98 Å². The van der Waals surface area contributed by atoms with Crippen LogP contribution in [0.15, 0.2) is 54.9 Å². The van der Waals surface area contributed by atoms with Gasteiger partial charge >= 0.3 is 0 Å². The summed E-state index contributed by atoms with van der Waals surface area (Å²) >= 11 is 0. The van der Waals surface area contributed by atoms with Crippen molar-refractivity contribution >= 4 is 11.6 Å². The molecule has 0 saturated carbocycles. The maximum atomic E-state index is 12.3. The number of carbonyl (C=O) groups excluding carboxylic acids is 1. The summed E-state index contributed by atoms with van der Waals surface area (Å²) in [6, 6.07) is 12.8. The van der Waals surface area contributed by atoms with Crippen LogP contribution >= 0.6 is 0 Å². The summed E-state index contributed by atoms with van der Waals surface area (Å²) in [5.74, 6) is 0.168. The molecule has 5 heteroatoms. The van der Waals surface area contributed by atoms with Crippen molar-refractivity contribution < 1.29 is 9.90 Å². The standard InChI is InChI=1S/C17H17N3O2/c1-19(11-13-6-2-3-7-15(13)21)17(22)10-14-12-20-9-5-4-8-16(20)18-14/h2-9,12,21H,10-11H2,1H3. The van der Waals surface area contributed by atoms with Gasteiger partial charge in [-0.3, -0.25) is 4.79 Å². The maximum absolute atomic E-state index is 12.3. The van der Waals surface area contributed by atoms with E-state index in [1.807, 2.05) is 47.1 Å². The number of hydrogen-bond acceptors (Lipinski definition) is 3. The Morgan fingerprint density at radius 2 is 2.00 bits per heavy atom. The van der Waals surface area contributed by atoms with Gasteiger partial charge in [0.25, 0.3) is 0 Å². The third-order valence-electron chi connectivity index (χ3n) is 3.57. The summed E-state index contributed by atoms with van der Waals surface area (Å²) < 4.78 is 1.89. The molecule has 0 aliphatic heterocycles. The van der Waals surface area contributed by atoms with E-state index in [-0.39, 0.29) is 18.1 Å². The number of aromatic nitrogens is 2. The zero-order chi connectivity index (χ0) is 15.5. The molecule has 0 radical (unpaired) electrons. The first-order valence-corrected chi connectivity index (χ1v) is 7.07. The summed E-state index contributed by atoms with van der Waals surface area (Å²) in [5, 5.41) is 9.77. The molecule has 0 atom stereocenters. The number of imidazole rings is 1. The fraction of sp³-hybridized carbons (Fsp3) is 0.176. The molecule has 0 aliphatic rings. The highest BCUT2D eigenvalue weighted by molar-refractivity contribution is 5.78. The van der Waals surface area contributed by atoms with Gasteiger partial charge in [-0.2, -0.15) is 0 Å². The molecule has 0 saturated heterocycles. The number of fused-ring (bicyclic) bond motifs is 1. The molecule has 1 N–H and O–H groups in total. The number of benzene rings is 1. The highest BCUT2D eigenvalue weighted by atomic mass is 16.3. The van der Waals surface area contributed by atoms with Crippen molar-refractivity contribution in [2.45, 2.75) is 13.0 Å². The number of nitrogens with zero attached hydrogens (tertiary/aromatic N) is 3. The molecule has 0 aliphatic carbocycles. The Hall–Kier alpha value is -2.82. The fourth-order valence-electron chi connectivity index (χ4n) is 2.35. The number of phenolic OH excluding ortho intramolecular Hbond substituents is 1. The summed E-state index contributed by atoms with van der Waals surface area (Å²) in [5.41, 5.74) is 2.29. The molecule has 2 aromatic heterocycles. The number of rotatable bonds is 4. The Balaban J connectivity index is 1.69. The van der Waals surface area contributed by atoms with Gasteiger partial charge in [0.05, 0.1) is 12.1 Å². The molecule has 3 aromatic rings. The zero-order valence-corrected chi connectivity index (χ0v) is 12.3. The topological polar surface area (TPSA) is 57.8 Å². The molecular weight excluding hydrogens is 278 g/mol. The summed E-state index contributed by atoms with van der Waals surface area (Å²) in [6.45, 7) is 0.374. The first-order valence-electron chi connectivity index (χ1n) is 7.07. The van der Waals surface area contributed by atoms with E-state index in [2.05, 4.69) is 4.98 Å². The van der Waals surface area contributed by atoms with Gasteiger partial charge in [0.1, 0.15) is 11.4 Å². The highest BCUT2D eigenvalue weighted by Crippen LogP contribution is 2.17. The Morgan fingerprint density at radius 3 is 2.77 bits per heavy atom. The van der Waals surface area contributed by atoms with Crippen LogP contribution in [0.1, 0.15) is 11.3 Å². The van der Waals surface area contributed by atoms with Gasteiger partial charge in [0.2, 0.25) is 5.91 Å². The maximum Gasteiger partial charge on any atom is 0.228 e. The molecule has 22 heavy (non-hydrogen) atoms. The minimum Gasteiger partial charge on any atom is -0.508 e. The van der Waals surface area contributed by atoms with Crippen LogP contribution in [-0.2, 0) is 17.8 Å². The van der Waals surface area contributed by atoms with Crippen molar-refractivity contribution in [1.29, 1.82) is 0 Å². The van der Waals surface area contributed by atoms with E-state index in [1.54, 1.807) is 24.1 Å². The lowest BCUT2D eigenvalue weighted by atomic mass is 10.2. The molecule has 2 heterocycles. The molecule has 0 unspecified atom stereocenters. The number of carbonyl (C=O) groups is 1. The normalized spacial score (nSPS) is 10.8. The minimum absolute atomic E-state index is 0.0355. The van der Waals surface area contributed by atoms with Gasteiger partial charge in [-0.1, -0.05) is 24.3 Å². The van der Waals surface area contributed by atoms with Crippen molar-refractivity contribution in [1.82, 2.24) is 14.3 Å². The zero-order valence-electron chi connectivity index (χ0n) is 12.3. The van der Waals surface area contributed by atoms with E-state index < -0.39 is 0 Å². The van der Waals surface area contributed by atoms with Crippen LogP contribution in [0.4, 0.5) is 0 Å². The Morgan fingerprint density at radius 1 is 1.23 bits per heavy atom. The predicted octanol–water partition coefficient (Wildman–Crippen LogP) is 2.24. The smallest absolute Gasteiger partial charge is 0.228 e. The summed E-state index contributed by atoms with van der Waals surface area (Å²) in [4.78, 5) is 18.3. The molecule has 5 nitrogen and oxygen atoms in total. The second kappa shape index (κ2) is 5.89. The quantitative estimate of drug-likeness (QED) is 0.803. The molecule has 1 aromatic carbocycles. The second-order valence-electron chi connectivity index (χ2n) is 5.25. The lowest BCUT2D eigenvalue weighted by Gasteiger charge is -2.17. The Bertz CT molecular complexity index is 777. The largest absolute Gasteiger partial charge is 0.508 e. The highest BCUT2D eigenvalue weighted by Gasteiger charge is 2.13. The van der Waals surface area contributed by atoms with Crippen molar-refractivity contribution in [2.24, 2.45) is 0 Å². The van der Waals surface area contributed by atoms with Crippen LogP contribution < -0.4 is 0 Å².